The van der Waals surface area contributed by atoms with Gasteiger partial charge in [-0.25, -0.2) is 8.42 Å². The molecule has 1 aliphatic carbocycles. The van der Waals surface area contributed by atoms with Gasteiger partial charge in [0.1, 0.15) is 12.6 Å². The Kier molecular flexibility index (Phi) is 11.9. The summed E-state index contributed by atoms with van der Waals surface area (Å²) in [6, 6.07) is 25.5. The molecule has 1 atom stereocenters. The lowest BCUT2D eigenvalue weighted by molar-refractivity contribution is -0.384. The molecule has 0 unspecified atom stereocenters. The van der Waals surface area contributed by atoms with Gasteiger partial charge < -0.3 is 10.2 Å². The minimum absolute atomic E-state index is 0.0693. The van der Waals surface area contributed by atoms with Gasteiger partial charge in [0.15, 0.2) is 0 Å². The van der Waals surface area contributed by atoms with Gasteiger partial charge in [0.2, 0.25) is 11.8 Å². The molecule has 0 heterocycles. The summed E-state index contributed by atoms with van der Waals surface area (Å²) in [5.41, 5.74) is 0.720. The van der Waals surface area contributed by atoms with E-state index in [0.29, 0.717) is 5.56 Å². The lowest BCUT2D eigenvalue weighted by atomic mass is 9.94. The number of nitrogens with zero attached hydrogens (tertiary/aromatic N) is 3. The van der Waals surface area contributed by atoms with Gasteiger partial charge in [-0.15, -0.1) is 0 Å². The first-order valence-electron chi connectivity index (χ1n) is 15.9. The summed E-state index contributed by atoms with van der Waals surface area (Å²) in [4.78, 5) is 41.2. The summed E-state index contributed by atoms with van der Waals surface area (Å²) in [5, 5.41) is 15.4. The van der Waals surface area contributed by atoms with Gasteiger partial charge in [-0.1, -0.05) is 103 Å². The number of carbonyl (C=O) groups excluding carboxylic acids is 2. The molecule has 0 aromatic heterocycles. The number of anilines is 1. The Morgan fingerprint density at radius 2 is 1.47 bits per heavy atom. The Hall–Kier alpha value is -4.45. The summed E-state index contributed by atoms with van der Waals surface area (Å²) in [7, 11) is -4.43. The predicted octanol–water partition coefficient (Wildman–Crippen LogP) is 7.19. The third-order valence-corrected chi connectivity index (χ3v) is 11.0. The molecule has 1 N–H and O–H groups in total. The van der Waals surface area contributed by atoms with Crippen molar-refractivity contribution in [2.45, 2.75) is 62.0 Å². The standard InChI is InChI=1S/C36H36Cl2N4O6S/c37-32-20-11-21-33(38)31(32)24-40(34(22-26-12-4-1-5-13-26)36(44)39-27-14-6-2-7-15-27)35(43)25-41(28-16-10-17-29(23-28)42(45)46)49(47,48)30-18-8-3-9-19-30/h1,3-5,8-13,16-21,23,27,34H,2,6-7,14-15,22,24-25H2,(H,39,44)/t34-/m1/s1. The number of non-ortho nitro benzene ring substituents is 1. The molecular weight excluding hydrogens is 687 g/mol. The molecule has 0 bridgehead atoms. The van der Waals surface area contributed by atoms with Crippen LogP contribution in [0.25, 0.3) is 0 Å². The highest BCUT2D eigenvalue weighted by Gasteiger charge is 2.36. The van der Waals surface area contributed by atoms with E-state index < -0.39 is 33.4 Å². The van der Waals surface area contributed by atoms with Gasteiger partial charge in [-0.3, -0.25) is 24.0 Å². The van der Waals surface area contributed by atoms with Gasteiger partial charge in [0.25, 0.3) is 15.7 Å². The van der Waals surface area contributed by atoms with Crippen LogP contribution >= 0.6 is 23.2 Å². The number of nitrogens with one attached hydrogen (secondary N) is 1. The van der Waals surface area contributed by atoms with Crippen molar-refractivity contribution in [1.29, 1.82) is 0 Å². The van der Waals surface area contributed by atoms with Crippen LogP contribution in [0.1, 0.15) is 43.2 Å². The number of rotatable bonds is 13. The van der Waals surface area contributed by atoms with Crippen molar-refractivity contribution < 1.29 is 22.9 Å². The van der Waals surface area contributed by atoms with Crippen LogP contribution in [0.5, 0.6) is 0 Å². The van der Waals surface area contributed by atoms with E-state index in [1.165, 1.54) is 47.4 Å². The number of benzene rings is 4. The van der Waals surface area contributed by atoms with E-state index in [4.69, 9.17) is 23.2 Å². The quantitative estimate of drug-likeness (QED) is 0.115. The summed E-state index contributed by atoms with van der Waals surface area (Å²) in [6.07, 6.45) is 4.77. The monoisotopic (exact) mass is 722 g/mol. The van der Waals surface area contributed by atoms with Crippen molar-refractivity contribution >= 4 is 56.4 Å². The van der Waals surface area contributed by atoms with Crippen LogP contribution in [0.4, 0.5) is 11.4 Å². The Morgan fingerprint density at radius 3 is 2.10 bits per heavy atom. The van der Waals surface area contributed by atoms with E-state index in [2.05, 4.69) is 5.32 Å². The molecule has 1 saturated carbocycles. The molecule has 0 spiro atoms. The molecule has 10 nitrogen and oxygen atoms in total. The van der Waals surface area contributed by atoms with Crippen molar-refractivity contribution in [2.75, 3.05) is 10.8 Å². The molecule has 1 aliphatic rings. The van der Waals surface area contributed by atoms with E-state index >= 15 is 0 Å². The number of halogens is 2. The van der Waals surface area contributed by atoms with E-state index in [9.17, 15) is 28.1 Å². The Labute approximate surface area is 295 Å². The van der Waals surface area contributed by atoms with E-state index in [1.807, 2.05) is 30.3 Å². The average molecular weight is 724 g/mol. The fraction of sp³-hybridized carbons (Fsp3) is 0.278. The van der Waals surface area contributed by atoms with Crippen LogP contribution in [0.3, 0.4) is 0 Å². The number of nitro groups is 1. The van der Waals surface area contributed by atoms with Crippen LogP contribution in [0, 0.1) is 10.1 Å². The Morgan fingerprint density at radius 1 is 0.857 bits per heavy atom. The molecule has 5 rings (SSSR count). The Bertz CT molecular complexity index is 1870. The van der Waals surface area contributed by atoms with Gasteiger partial charge in [-0.2, -0.15) is 0 Å². The second-order valence-corrected chi connectivity index (χ2v) is 14.5. The normalized spacial score (nSPS) is 14.1. The van der Waals surface area contributed by atoms with Gasteiger partial charge >= 0.3 is 0 Å². The fourth-order valence-corrected chi connectivity index (χ4v) is 7.91. The van der Waals surface area contributed by atoms with Crippen molar-refractivity contribution in [1.82, 2.24) is 10.2 Å². The van der Waals surface area contributed by atoms with Crippen LogP contribution in [0.2, 0.25) is 10.0 Å². The SMILES string of the molecule is O=C(NC1CCCCC1)[C@@H](Cc1ccccc1)N(Cc1c(Cl)cccc1Cl)C(=O)CN(c1cccc([N+](=O)[O-])c1)S(=O)(=O)c1ccccc1. The molecule has 0 radical (unpaired) electrons. The van der Waals surface area contributed by atoms with E-state index in [0.717, 1.165) is 48.0 Å². The molecule has 4 aromatic carbocycles. The summed E-state index contributed by atoms with van der Waals surface area (Å²) >= 11 is 13.2. The first kappa shape index (κ1) is 35.8. The van der Waals surface area contributed by atoms with Crippen molar-refractivity contribution in [2.24, 2.45) is 0 Å². The molecular formula is C36H36Cl2N4O6S. The third kappa shape index (κ3) is 8.97. The smallest absolute Gasteiger partial charge is 0.271 e. The summed E-state index contributed by atoms with van der Waals surface area (Å²) in [6.45, 7) is -0.983. The van der Waals surface area contributed by atoms with Crippen LogP contribution in [-0.2, 0) is 32.6 Å². The molecule has 49 heavy (non-hydrogen) atoms. The topological polar surface area (TPSA) is 130 Å². The third-order valence-electron chi connectivity index (χ3n) is 8.55. The van der Waals surface area contributed by atoms with Gasteiger partial charge in [0, 0.05) is 46.7 Å². The van der Waals surface area contributed by atoms with Crippen LogP contribution < -0.4 is 9.62 Å². The highest BCUT2D eigenvalue weighted by atomic mass is 35.5. The zero-order valence-electron chi connectivity index (χ0n) is 26.6. The first-order valence-corrected chi connectivity index (χ1v) is 18.1. The number of amides is 2. The number of nitro benzene ring substituents is 1. The molecule has 4 aromatic rings. The predicted molar refractivity (Wildman–Crippen MR) is 190 cm³/mol. The number of carbonyl (C=O) groups is 2. The molecule has 13 heteroatoms. The maximum absolute atomic E-state index is 14.7. The zero-order valence-corrected chi connectivity index (χ0v) is 28.9. The van der Waals surface area contributed by atoms with Gasteiger partial charge in [0.05, 0.1) is 15.5 Å². The first-order chi connectivity index (χ1) is 23.5. The van der Waals surface area contributed by atoms with Crippen molar-refractivity contribution in [3.63, 3.8) is 0 Å². The molecule has 0 aliphatic heterocycles. The van der Waals surface area contributed by atoms with E-state index in [-0.39, 0.29) is 51.2 Å². The van der Waals surface area contributed by atoms with Gasteiger partial charge in [-0.05, 0) is 48.7 Å². The Balaban J connectivity index is 1.61. The molecule has 0 saturated heterocycles. The van der Waals surface area contributed by atoms with E-state index in [1.54, 1.807) is 24.3 Å². The zero-order chi connectivity index (χ0) is 35.0. The second kappa shape index (κ2) is 16.3. The highest BCUT2D eigenvalue weighted by Crippen LogP contribution is 2.30. The maximum Gasteiger partial charge on any atom is 0.271 e. The lowest BCUT2D eigenvalue weighted by Gasteiger charge is -2.35. The average Bonchev–Trinajstić information content (AvgIpc) is 3.11. The summed E-state index contributed by atoms with van der Waals surface area (Å²) in [5.74, 6) is -1.12. The molecule has 2 amide bonds. The highest BCUT2D eigenvalue weighted by molar-refractivity contribution is 7.92. The van der Waals surface area contributed by atoms with Crippen LogP contribution in [0.15, 0.2) is 108 Å². The second-order valence-electron chi connectivity index (χ2n) is 11.9. The molecule has 1 fully saturated rings. The number of hydrogen-bond donors (Lipinski definition) is 1. The summed E-state index contributed by atoms with van der Waals surface area (Å²) < 4.78 is 29.2. The van der Waals surface area contributed by atoms with Crippen molar-refractivity contribution in [3.05, 3.63) is 134 Å². The maximum atomic E-state index is 14.7. The lowest BCUT2D eigenvalue weighted by Crippen LogP contribution is -2.55. The van der Waals surface area contributed by atoms with Crippen molar-refractivity contribution in [3.8, 4) is 0 Å². The number of hydrogen-bond acceptors (Lipinski definition) is 6. The fourth-order valence-electron chi connectivity index (χ4n) is 5.96. The largest absolute Gasteiger partial charge is 0.352 e. The minimum Gasteiger partial charge on any atom is -0.352 e. The number of sulfonamides is 1. The molecule has 256 valence electrons. The van der Waals surface area contributed by atoms with Crippen LogP contribution in [-0.4, -0.2) is 48.7 Å². The minimum atomic E-state index is -4.43.